The van der Waals surface area contributed by atoms with Crippen molar-refractivity contribution in [3.05, 3.63) is 15.9 Å². The van der Waals surface area contributed by atoms with E-state index in [-0.39, 0.29) is 0 Å². The van der Waals surface area contributed by atoms with Crippen LogP contribution in [0.4, 0.5) is 0 Å². The Morgan fingerprint density at radius 3 is 2.44 bits per heavy atom. The third kappa shape index (κ3) is 2.78. The summed E-state index contributed by atoms with van der Waals surface area (Å²) in [7, 11) is 4.09. The lowest BCUT2D eigenvalue weighted by Crippen LogP contribution is -2.49. The summed E-state index contributed by atoms with van der Waals surface area (Å²) in [4.78, 5) is 2.51. The van der Waals surface area contributed by atoms with E-state index < -0.39 is 0 Å². The highest BCUT2D eigenvalue weighted by atomic mass is 79.9. The van der Waals surface area contributed by atoms with Gasteiger partial charge in [0.05, 0.1) is 15.9 Å². The van der Waals surface area contributed by atoms with E-state index in [2.05, 4.69) is 45.2 Å². The first-order chi connectivity index (χ1) is 8.45. The van der Waals surface area contributed by atoms with E-state index in [0.717, 1.165) is 29.8 Å². The van der Waals surface area contributed by atoms with E-state index >= 15 is 0 Å². The molecule has 0 bridgehead atoms. The van der Waals surface area contributed by atoms with Crippen LogP contribution in [0.3, 0.4) is 0 Å². The number of likely N-dealkylation sites (tertiary alicyclic amines) is 1. The number of aryl methyl sites for hydroxylation is 2. The molecule has 0 amide bonds. The maximum absolute atomic E-state index is 4.45. The minimum Gasteiger partial charge on any atom is -0.314 e. The van der Waals surface area contributed by atoms with Gasteiger partial charge in [0, 0.05) is 32.2 Å². The topological polar surface area (TPSA) is 33.1 Å². The fourth-order valence-corrected chi connectivity index (χ4v) is 2.98. The van der Waals surface area contributed by atoms with Crippen LogP contribution >= 0.6 is 15.9 Å². The third-order valence-electron chi connectivity index (χ3n) is 4.20. The molecule has 18 heavy (non-hydrogen) atoms. The van der Waals surface area contributed by atoms with Crippen LogP contribution in [0.2, 0.25) is 0 Å². The Bertz CT molecular complexity index is 419. The number of nitrogens with one attached hydrogen (secondary N) is 1. The van der Waals surface area contributed by atoms with Crippen molar-refractivity contribution in [2.75, 3.05) is 20.1 Å². The molecule has 4 nitrogen and oxygen atoms in total. The lowest BCUT2D eigenvalue weighted by Gasteiger charge is -2.39. The predicted molar refractivity (Wildman–Crippen MR) is 77.6 cm³/mol. The molecule has 0 aliphatic carbocycles. The van der Waals surface area contributed by atoms with E-state index in [1.165, 1.54) is 18.5 Å². The maximum atomic E-state index is 4.45. The highest BCUT2D eigenvalue weighted by molar-refractivity contribution is 9.10. The minimum absolute atomic E-state index is 0.316. The number of nitrogens with zero attached hydrogens (tertiary/aromatic N) is 3. The standard InChI is InChI=1S/C13H23BrN4/c1-10-12(14)11(17(4)16-10)9-18-7-5-13(2,15-3)6-8-18/h15H,5-9H2,1-4H3. The van der Waals surface area contributed by atoms with Gasteiger partial charge in [0.15, 0.2) is 0 Å². The van der Waals surface area contributed by atoms with Gasteiger partial charge in [0.2, 0.25) is 0 Å². The minimum atomic E-state index is 0.316. The Labute approximate surface area is 118 Å². The fraction of sp³-hybridized carbons (Fsp3) is 0.769. The van der Waals surface area contributed by atoms with Gasteiger partial charge < -0.3 is 5.32 Å². The molecular formula is C13H23BrN4. The zero-order chi connectivity index (χ0) is 13.3. The Morgan fingerprint density at radius 1 is 1.39 bits per heavy atom. The quantitative estimate of drug-likeness (QED) is 0.927. The highest BCUT2D eigenvalue weighted by Crippen LogP contribution is 2.25. The summed E-state index contributed by atoms with van der Waals surface area (Å²) >= 11 is 3.64. The van der Waals surface area contributed by atoms with E-state index in [4.69, 9.17) is 0 Å². The lowest BCUT2D eigenvalue weighted by molar-refractivity contribution is 0.143. The molecule has 0 radical (unpaired) electrons. The van der Waals surface area contributed by atoms with E-state index in [1.807, 2.05) is 18.7 Å². The molecule has 1 aromatic rings. The van der Waals surface area contributed by atoms with Crippen LogP contribution in [0.25, 0.3) is 0 Å². The van der Waals surface area contributed by atoms with Crippen molar-refractivity contribution in [3.8, 4) is 0 Å². The third-order valence-corrected chi connectivity index (χ3v) is 5.23. The van der Waals surface area contributed by atoms with Gasteiger partial charge in [-0.05, 0) is 49.7 Å². The summed E-state index contributed by atoms with van der Waals surface area (Å²) in [6.07, 6.45) is 2.41. The monoisotopic (exact) mass is 314 g/mol. The molecular weight excluding hydrogens is 292 g/mol. The van der Waals surface area contributed by atoms with Crippen molar-refractivity contribution >= 4 is 15.9 Å². The van der Waals surface area contributed by atoms with Crippen molar-refractivity contribution in [1.29, 1.82) is 0 Å². The van der Waals surface area contributed by atoms with Crippen LogP contribution in [-0.2, 0) is 13.6 Å². The lowest BCUT2D eigenvalue weighted by atomic mass is 9.90. The van der Waals surface area contributed by atoms with Crippen molar-refractivity contribution in [2.45, 2.75) is 38.8 Å². The van der Waals surface area contributed by atoms with Gasteiger partial charge in [-0.3, -0.25) is 9.58 Å². The van der Waals surface area contributed by atoms with Gasteiger partial charge in [-0.25, -0.2) is 0 Å². The van der Waals surface area contributed by atoms with Crippen molar-refractivity contribution in [2.24, 2.45) is 7.05 Å². The van der Waals surface area contributed by atoms with E-state index in [1.54, 1.807) is 0 Å². The number of hydrogen-bond acceptors (Lipinski definition) is 3. The highest BCUT2D eigenvalue weighted by Gasteiger charge is 2.28. The summed E-state index contributed by atoms with van der Waals surface area (Å²) < 4.78 is 3.15. The number of hydrogen-bond donors (Lipinski definition) is 1. The number of aromatic nitrogens is 2. The molecule has 5 heteroatoms. The zero-order valence-corrected chi connectivity index (χ0v) is 13.3. The molecule has 1 N–H and O–H groups in total. The van der Waals surface area contributed by atoms with Crippen LogP contribution < -0.4 is 5.32 Å². The van der Waals surface area contributed by atoms with Gasteiger partial charge in [-0.15, -0.1) is 0 Å². The average Bonchev–Trinajstić information content (AvgIpc) is 2.59. The molecule has 2 heterocycles. The maximum Gasteiger partial charge on any atom is 0.0739 e. The predicted octanol–water partition coefficient (Wildman–Crippen LogP) is 2.06. The van der Waals surface area contributed by atoms with Crippen molar-refractivity contribution < 1.29 is 0 Å². The van der Waals surface area contributed by atoms with Crippen LogP contribution in [0.1, 0.15) is 31.2 Å². The SMILES string of the molecule is CNC1(C)CCN(Cc2c(Br)c(C)nn2C)CC1. The van der Waals surface area contributed by atoms with Crippen molar-refractivity contribution in [3.63, 3.8) is 0 Å². The zero-order valence-electron chi connectivity index (χ0n) is 11.8. The first-order valence-electron chi connectivity index (χ1n) is 6.54. The summed E-state index contributed by atoms with van der Waals surface area (Å²) in [5, 5.41) is 7.89. The molecule has 102 valence electrons. The van der Waals surface area contributed by atoms with Crippen molar-refractivity contribution in [1.82, 2.24) is 20.0 Å². The van der Waals surface area contributed by atoms with Crippen LogP contribution in [0.15, 0.2) is 4.47 Å². The average molecular weight is 315 g/mol. The molecule has 1 fully saturated rings. The first kappa shape index (κ1) is 14.0. The van der Waals surface area contributed by atoms with Crippen LogP contribution in [-0.4, -0.2) is 40.4 Å². The summed E-state index contributed by atoms with van der Waals surface area (Å²) in [6, 6.07) is 0. The second-order valence-electron chi connectivity index (χ2n) is 5.56. The first-order valence-corrected chi connectivity index (χ1v) is 7.34. The van der Waals surface area contributed by atoms with Crippen LogP contribution in [0.5, 0.6) is 0 Å². The smallest absolute Gasteiger partial charge is 0.0739 e. The molecule has 0 aromatic carbocycles. The molecule has 0 unspecified atom stereocenters. The van der Waals surface area contributed by atoms with Gasteiger partial charge in [0.1, 0.15) is 0 Å². The van der Waals surface area contributed by atoms with Gasteiger partial charge in [0.25, 0.3) is 0 Å². The Kier molecular flexibility index (Phi) is 4.14. The largest absolute Gasteiger partial charge is 0.314 e. The Morgan fingerprint density at radius 2 is 2.00 bits per heavy atom. The summed E-state index contributed by atoms with van der Waals surface area (Å²) in [5.74, 6) is 0. The second kappa shape index (κ2) is 5.31. The Hall–Kier alpha value is -0.390. The molecule has 1 aliphatic rings. The van der Waals surface area contributed by atoms with Gasteiger partial charge >= 0.3 is 0 Å². The second-order valence-corrected chi connectivity index (χ2v) is 6.35. The molecule has 0 spiro atoms. The summed E-state index contributed by atoms with van der Waals surface area (Å²) in [5.41, 5.74) is 2.67. The van der Waals surface area contributed by atoms with E-state index in [9.17, 15) is 0 Å². The van der Waals surface area contributed by atoms with Gasteiger partial charge in [-0.1, -0.05) is 0 Å². The van der Waals surface area contributed by atoms with Crippen LogP contribution in [0, 0.1) is 6.92 Å². The molecule has 0 saturated carbocycles. The fourth-order valence-electron chi connectivity index (χ4n) is 2.52. The molecule has 2 rings (SSSR count). The molecule has 0 atom stereocenters. The molecule has 1 aliphatic heterocycles. The van der Waals surface area contributed by atoms with Gasteiger partial charge in [-0.2, -0.15) is 5.10 Å². The number of piperidine rings is 1. The summed E-state index contributed by atoms with van der Waals surface area (Å²) in [6.45, 7) is 7.63. The Balaban J connectivity index is 2.00. The normalized spacial score (nSPS) is 20.3. The number of halogens is 1. The number of rotatable bonds is 3. The van der Waals surface area contributed by atoms with E-state index in [0.29, 0.717) is 5.54 Å². The molecule has 1 saturated heterocycles. The molecule has 1 aromatic heterocycles.